The molecule has 4 rings (SSSR count). The van der Waals surface area contributed by atoms with E-state index in [4.69, 9.17) is 0 Å². The van der Waals surface area contributed by atoms with Gasteiger partial charge in [0.2, 0.25) is 5.91 Å². The van der Waals surface area contributed by atoms with E-state index in [2.05, 4.69) is 26.7 Å². The summed E-state index contributed by atoms with van der Waals surface area (Å²) in [5.74, 6) is 2.19. The highest BCUT2D eigenvalue weighted by Gasteiger charge is 2.27. The zero-order chi connectivity index (χ0) is 18.8. The van der Waals surface area contributed by atoms with Gasteiger partial charge in [-0.2, -0.15) is 0 Å². The van der Waals surface area contributed by atoms with Crippen molar-refractivity contribution in [2.45, 2.75) is 38.1 Å². The molecule has 1 aromatic heterocycles. The molecule has 0 bridgehead atoms. The standard InChI is InChI=1S/C20H26FN5O/c1-24-8-3-5-16(14-24)20-23-22-18-7-9-25(10-11-26(18)20)19(27)13-15-4-2-6-17(21)12-15/h2,4,6,12,16H,3,5,7-11,13-14H2,1H3. The third-order valence-corrected chi connectivity index (χ3v) is 5.64. The van der Waals surface area contributed by atoms with Crippen molar-refractivity contribution in [3.8, 4) is 0 Å². The van der Waals surface area contributed by atoms with Crippen LogP contribution in [0, 0.1) is 5.82 Å². The lowest BCUT2D eigenvalue weighted by molar-refractivity contribution is -0.130. The van der Waals surface area contributed by atoms with Gasteiger partial charge in [-0.05, 0) is 44.1 Å². The number of fused-ring (bicyclic) bond motifs is 1. The molecule has 0 spiro atoms. The summed E-state index contributed by atoms with van der Waals surface area (Å²) in [5, 5.41) is 8.90. The normalized spacial score (nSPS) is 21.0. The van der Waals surface area contributed by atoms with E-state index in [1.807, 2.05) is 4.90 Å². The Labute approximate surface area is 159 Å². The monoisotopic (exact) mass is 371 g/mol. The number of benzene rings is 1. The van der Waals surface area contributed by atoms with Gasteiger partial charge in [0.05, 0.1) is 6.42 Å². The summed E-state index contributed by atoms with van der Waals surface area (Å²) in [6, 6.07) is 6.28. The van der Waals surface area contributed by atoms with E-state index >= 15 is 0 Å². The fourth-order valence-corrected chi connectivity index (χ4v) is 4.21. The van der Waals surface area contributed by atoms with Gasteiger partial charge in [-0.1, -0.05) is 12.1 Å². The summed E-state index contributed by atoms with van der Waals surface area (Å²) >= 11 is 0. The molecule has 1 atom stereocenters. The second-order valence-corrected chi connectivity index (χ2v) is 7.66. The van der Waals surface area contributed by atoms with E-state index < -0.39 is 0 Å². The van der Waals surface area contributed by atoms with Gasteiger partial charge >= 0.3 is 0 Å². The number of hydrogen-bond acceptors (Lipinski definition) is 4. The van der Waals surface area contributed by atoms with Crippen LogP contribution in [-0.4, -0.2) is 63.7 Å². The van der Waals surface area contributed by atoms with Crippen molar-refractivity contribution >= 4 is 5.91 Å². The largest absolute Gasteiger partial charge is 0.340 e. The SMILES string of the molecule is CN1CCCC(c2nnc3n2CCN(C(=O)Cc2cccc(F)c2)CC3)C1. The Hall–Kier alpha value is -2.28. The van der Waals surface area contributed by atoms with E-state index in [9.17, 15) is 9.18 Å². The lowest BCUT2D eigenvalue weighted by Crippen LogP contribution is -2.35. The summed E-state index contributed by atoms with van der Waals surface area (Å²) in [6.07, 6.45) is 3.27. The highest BCUT2D eigenvalue weighted by atomic mass is 19.1. The van der Waals surface area contributed by atoms with Gasteiger partial charge in [0.15, 0.2) is 0 Å². The molecule has 6 nitrogen and oxygen atoms in total. The van der Waals surface area contributed by atoms with E-state index in [0.29, 0.717) is 25.4 Å². The number of piperidine rings is 1. The maximum Gasteiger partial charge on any atom is 0.227 e. The molecular weight excluding hydrogens is 345 g/mol. The van der Waals surface area contributed by atoms with Crippen molar-refractivity contribution in [1.29, 1.82) is 0 Å². The molecule has 1 fully saturated rings. The quantitative estimate of drug-likeness (QED) is 0.826. The summed E-state index contributed by atoms with van der Waals surface area (Å²) in [6.45, 7) is 4.17. The van der Waals surface area contributed by atoms with Crippen LogP contribution in [-0.2, 0) is 24.2 Å². The van der Waals surface area contributed by atoms with Crippen molar-refractivity contribution in [2.75, 3.05) is 33.2 Å². The van der Waals surface area contributed by atoms with Gasteiger partial charge in [-0.25, -0.2) is 4.39 Å². The van der Waals surface area contributed by atoms with Crippen LogP contribution in [0.5, 0.6) is 0 Å². The predicted octanol–water partition coefficient (Wildman–Crippen LogP) is 1.85. The number of rotatable bonds is 3. The first-order chi connectivity index (χ1) is 13.1. The van der Waals surface area contributed by atoms with Gasteiger partial charge in [0.1, 0.15) is 17.5 Å². The van der Waals surface area contributed by atoms with Crippen molar-refractivity contribution < 1.29 is 9.18 Å². The van der Waals surface area contributed by atoms with Crippen molar-refractivity contribution in [1.82, 2.24) is 24.6 Å². The van der Waals surface area contributed by atoms with Crippen molar-refractivity contribution in [3.63, 3.8) is 0 Å². The lowest BCUT2D eigenvalue weighted by atomic mass is 9.97. The van der Waals surface area contributed by atoms with E-state index in [1.54, 1.807) is 12.1 Å². The number of hydrogen-bond donors (Lipinski definition) is 0. The molecule has 1 amide bonds. The molecule has 1 unspecified atom stereocenters. The van der Waals surface area contributed by atoms with Crippen molar-refractivity contribution in [2.24, 2.45) is 0 Å². The topological polar surface area (TPSA) is 54.3 Å². The molecule has 3 heterocycles. The molecule has 0 N–H and O–H groups in total. The second-order valence-electron chi connectivity index (χ2n) is 7.66. The maximum absolute atomic E-state index is 13.4. The molecule has 7 heteroatoms. The summed E-state index contributed by atoms with van der Waals surface area (Å²) in [5.41, 5.74) is 0.717. The summed E-state index contributed by atoms with van der Waals surface area (Å²) in [4.78, 5) is 16.9. The zero-order valence-electron chi connectivity index (χ0n) is 15.8. The number of halogens is 1. The minimum atomic E-state index is -0.301. The first-order valence-electron chi connectivity index (χ1n) is 9.73. The van der Waals surface area contributed by atoms with E-state index in [-0.39, 0.29) is 18.1 Å². The Balaban J connectivity index is 1.43. The zero-order valence-corrected chi connectivity index (χ0v) is 15.8. The number of likely N-dealkylation sites (N-methyl/N-ethyl adjacent to an activating group) is 1. The first-order valence-corrected chi connectivity index (χ1v) is 9.73. The van der Waals surface area contributed by atoms with Crippen LogP contribution in [0.3, 0.4) is 0 Å². The van der Waals surface area contributed by atoms with Crippen LogP contribution in [0.2, 0.25) is 0 Å². The van der Waals surface area contributed by atoms with Crippen LogP contribution in [0.25, 0.3) is 0 Å². The minimum Gasteiger partial charge on any atom is -0.340 e. The third kappa shape index (κ3) is 4.03. The molecule has 0 aliphatic carbocycles. The molecule has 2 aliphatic rings. The van der Waals surface area contributed by atoms with Crippen LogP contribution >= 0.6 is 0 Å². The lowest BCUT2D eigenvalue weighted by Gasteiger charge is -2.29. The Morgan fingerprint density at radius 3 is 2.93 bits per heavy atom. The smallest absolute Gasteiger partial charge is 0.227 e. The van der Waals surface area contributed by atoms with Crippen molar-refractivity contribution in [3.05, 3.63) is 47.3 Å². The average Bonchev–Trinajstić information content (AvgIpc) is 2.93. The molecular formula is C20H26FN5O. The Kier molecular flexibility index (Phi) is 5.20. The molecule has 1 aromatic carbocycles. The first kappa shape index (κ1) is 18.1. The van der Waals surface area contributed by atoms with Crippen LogP contribution in [0.15, 0.2) is 24.3 Å². The molecule has 0 saturated carbocycles. The Bertz CT molecular complexity index is 820. The Morgan fingerprint density at radius 1 is 1.22 bits per heavy atom. The number of carbonyl (C=O) groups is 1. The molecule has 2 aromatic rings. The van der Waals surface area contributed by atoms with Gasteiger partial charge in [0.25, 0.3) is 0 Å². The van der Waals surface area contributed by atoms with E-state index in [1.165, 1.54) is 18.6 Å². The van der Waals surface area contributed by atoms with Gasteiger partial charge in [0, 0.05) is 38.5 Å². The fraction of sp³-hybridized carbons (Fsp3) is 0.550. The van der Waals surface area contributed by atoms with Gasteiger partial charge < -0.3 is 14.4 Å². The molecule has 27 heavy (non-hydrogen) atoms. The van der Waals surface area contributed by atoms with Gasteiger partial charge in [-0.3, -0.25) is 4.79 Å². The fourth-order valence-electron chi connectivity index (χ4n) is 4.21. The average molecular weight is 371 g/mol. The molecule has 1 saturated heterocycles. The maximum atomic E-state index is 13.4. The summed E-state index contributed by atoms with van der Waals surface area (Å²) in [7, 11) is 2.15. The van der Waals surface area contributed by atoms with Crippen LogP contribution < -0.4 is 0 Å². The summed E-state index contributed by atoms with van der Waals surface area (Å²) < 4.78 is 15.6. The number of amides is 1. The van der Waals surface area contributed by atoms with Crippen LogP contribution in [0.1, 0.15) is 36.0 Å². The second kappa shape index (κ2) is 7.76. The predicted molar refractivity (Wildman–Crippen MR) is 99.9 cm³/mol. The number of carbonyl (C=O) groups excluding carboxylic acids is 1. The van der Waals surface area contributed by atoms with Gasteiger partial charge in [-0.15, -0.1) is 10.2 Å². The molecule has 0 radical (unpaired) electrons. The highest BCUT2D eigenvalue weighted by Crippen LogP contribution is 2.26. The van der Waals surface area contributed by atoms with Crippen LogP contribution in [0.4, 0.5) is 4.39 Å². The minimum absolute atomic E-state index is 0.0401. The third-order valence-electron chi connectivity index (χ3n) is 5.64. The Morgan fingerprint density at radius 2 is 2.11 bits per heavy atom. The van der Waals surface area contributed by atoms with E-state index in [0.717, 1.165) is 43.3 Å². The molecule has 2 aliphatic heterocycles. The number of aromatic nitrogens is 3. The molecule has 144 valence electrons. The number of likely N-dealkylation sites (tertiary alicyclic amines) is 1. The highest BCUT2D eigenvalue weighted by molar-refractivity contribution is 5.78. The number of nitrogens with zero attached hydrogens (tertiary/aromatic N) is 5.